The van der Waals surface area contributed by atoms with E-state index in [4.69, 9.17) is 16.3 Å². The van der Waals surface area contributed by atoms with Crippen LogP contribution in [0, 0.1) is 5.92 Å². The fraction of sp³-hybridized carbons (Fsp3) is 0.533. The van der Waals surface area contributed by atoms with Crippen LogP contribution < -0.4 is 5.32 Å². The molecule has 2 heterocycles. The Bertz CT molecular complexity index is 489. The number of hydrogen-bond acceptors (Lipinski definition) is 3. The van der Waals surface area contributed by atoms with Gasteiger partial charge in [0.1, 0.15) is 6.10 Å². The highest BCUT2D eigenvalue weighted by atomic mass is 35.5. The highest BCUT2D eigenvalue weighted by Gasteiger charge is 2.31. The number of hydrogen-bond donors (Lipinski definition) is 1. The number of carbonyl (C=O) groups excluding carboxylic acids is 1. The molecule has 108 valence electrons. The van der Waals surface area contributed by atoms with Gasteiger partial charge in [0.05, 0.1) is 19.1 Å². The van der Waals surface area contributed by atoms with Crippen molar-refractivity contribution >= 4 is 17.5 Å². The third-order valence-corrected chi connectivity index (χ3v) is 4.38. The van der Waals surface area contributed by atoms with Gasteiger partial charge in [-0.1, -0.05) is 29.8 Å². The quantitative estimate of drug-likeness (QED) is 0.905. The van der Waals surface area contributed by atoms with Crippen LogP contribution in [0.2, 0.25) is 5.02 Å². The number of morpholine rings is 1. The summed E-state index contributed by atoms with van der Waals surface area (Å²) in [7, 11) is 0. The fourth-order valence-corrected chi connectivity index (χ4v) is 3.15. The van der Waals surface area contributed by atoms with Crippen LogP contribution in [-0.2, 0) is 9.53 Å². The molecule has 0 aromatic heterocycles. The van der Waals surface area contributed by atoms with Crippen LogP contribution in [0.4, 0.5) is 0 Å². The molecule has 2 saturated heterocycles. The van der Waals surface area contributed by atoms with Gasteiger partial charge in [0, 0.05) is 23.7 Å². The molecule has 0 aliphatic carbocycles. The van der Waals surface area contributed by atoms with Gasteiger partial charge in [0.2, 0.25) is 5.91 Å². The molecule has 20 heavy (non-hydrogen) atoms. The topological polar surface area (TPSA) is 41.6 Å². The maximum absolute atomic E-state index is 12.5. The van der Waals surface area contributed by atoms with Crippen molar-refractivity contribution in [3.05, 3.63) is 34.9 Å². The van der Waals surface area contributed by atoms with Crippen LogP contribution in [0.5, 0.6) is 0 Å². The summed E-state index contributed by atoms with van der Waals surface area (Å²) in [6.07, 6.45) is 0.822. The second kappa shape index (κ2) is 6.12. The Morgan fingerprint density at radius 3 is 3.00 bits per heavy atom. The van der Waals surface area contributed by atoms with Crippen LogP contribution in [0.15, 0.2) is 24.3 Å². The number of benzene rings is 1. The van der Waals surface area contributed by atoms with Crippen LogP contribution in [0.1, 0.15) is 18.1 Å². The number of nitrogens with one attached hydrogen (secondary N) is 1. The Morgan fingerprint density at radius 2 is 2.25 bits per heavy atom. The summed E-state index contributed by atoms with van der Waals surface area (Å²) in [6.45, 7) is 3.58. The number of carbonyl (C=O) groups is 1. The van der Waals surface area contributed by atoms with E-state index in [0.29, 0.717) is 24.7 Å². The van der Waals surface area contributed by atoms with E-state index in [0.717, 1.165) is 25.1 Å². The first-order valence-electron chi connectivity index (χ1n) is 7.11. The van der Waals surface area contributed by atoms with E-state index in [1.807, 2.05) is 29.2 Å². The monoisotopic (exact) mass is 294 g/mol. The predicted octanol–water partition coefficient (Wildman–Crippen LogP) is 1.85. The molecule has 0 saturated carbocycles. The third kappa shape index (κ3) is 2.82. The van der Waals surface area contributed by atoms with Gasteiger partial charge in [-0.05, 0) is 19.0 Å². The summed E-state index contributed by atoms with van der Waals surface area (Å²) in [6, 6.07) is 7.69. The first-order chi connectivity index (χ1) is 9.75. The van der Waals surface area contributed by atoms with E-state index in [1.165, 1.54) is 0 Å². The molecule has 1 amide bonds. The van der Waals surface area contributed by atoms with Gasteiger partial charge >= 0.3 is 0 Å². The van der Waals surface area contributed by atoms with E-state index < -0.39 is 0 Å². The van der Waals surface area contributed by atoms with Gasteiger partial charge in [-0.15, -0.1) is 0 Å². The summed E-state index contributed by atoms with van der Waals surface area (Å²) in [5.74, 6) is 0.371. The molecule has 0 bridgehead atoms. The molecule has 2 atom stereocenters. The minimum Gasteiger partial charge on any atom is -0.370 e. The zero-order valence-electron chi connectivity index (χ0n) is 11.3. The van der Waals surface area contributed by atoms with E-state index in [-0.39, 0.29) is 17.9 Å². The lowest BCUT2D eigenvalue weighted by molar-refractivity contribution is -0.142. The van der Waals surface area contributed by atoms with E-state index in [9.17, 15) is 4.79 Å². The molecule has 2 fully saturated rings. The van der Waals surface area contributed by atoms with Gasteiger partial charge < -0.3 is 15.0 Å². The van der Waals surface area contributed by atoms with Gasteiger partial charge in [0.25, 0.3) is 0 Å². The molecule has 2 aliphatic heterocycles. The summed E-state index contributed by atoms with van der Waals surface area (Å²) >= 11 is 6.22. The molecule has 2 aliphatic rings. The normalized spacial score (nSPS) is 26.8. The maximum Gasteiger partial charge on any atom is 0.227 e. The molecular weight excluding hydrogens is 276 g/mol. The first kappa shape index (κ1) is 13.9. The Balaban J connectivity index is 1.70. The second-order valence-corrected chi connectivity index (χ2v) is 5.76. The van der Waals surface area contributed by atoms with Crippen LogP contribution in [-0.4, -0.2) is 43.6 Å². The highest BCUT2D eigenvalue weighted by molar-refractivity contribution is 6.31. The molecule has 1 N–H and O–H groups in total. The lowest BCUT2D eigenvalue weighted by Crippen LogP contribution is -2.45. The van der Waals surface area contributed by atoms with Crippen molar-refractivity contribution in [2.24, 2.45) is 5.92 Å². The number of halogens is 1. The number of amides is 1. The second-order valence-electron chi connectivity index (χ2n) is 5.35. The smallest absolute Gasteiger partial charge is 0.227 e. The van der Waals surface area contributed by atoms with E-state index >= 15 is 0 Å². The third-order valence-electron chi connectivity index (χ3n) is 4.04. The molecule has 3 rings (SSSR count). The van der Waals surface area contributed by atoms with Crippen molar-refractivity contribution < 1.29 is 9.53 Å². The standard InChI is InChI=1S/C15H19ClN2O2/c16-13-4-2-1-3-12(13)14-10-18(7-8-20-14)15(19)11-5-6-17-9-11/h1-4,11,14,17H,5-10H2. The SMILES string of the molecule is O=C(C1CCNC1)N1CCOC(c2ccccc2Cl)C1. The summed E-state index contributed by atoms with van der Waals surface area (Å²) in [4.78, 5) is 14.4. The molecule has 0 spiro atoms. The van der Waals surface area contributed by atoms with Gasteiger partial charge in [0.15, 0.2) is 0 Å². The van der Waals surface area contributed by atoms with Gasteiger partial charge in [-0.2, -0.15) is 0 Å². The van der Waals surface area contributed by atoms with Crippen molar-refractivity contribution in [2.45, 2.75) is 12.5 Å². The predicted molar refractivity (Wildman–Crippen MR) is 77.7 cm³/mol. The number of ether oxygens (including phenoxy) is 1. The zero-order valence-corrected chi connectivity index (χ0v) is 12.1. The van der Waals surface area contributed by atoms with Crippen molar-refractivity contribution in [2.75, 3.05) is 32.8 Å². The van der Waals surface area contributed by atoms with Crippen molar-refractivity contribution in [3.63, 3.8) is 0 Å². The molecule has 1 aromatic rings. The first-order valence-corrected chi connectivity index (χ1v) is 7.49. The molecular formula is C15H19ClN2O2. The zero-order chi connectivity index (χ0) is 13.9. The van der Waals surface area contributed by atoms with E-state index in [1.54, 1.807) is 0 Å². The summed E-state index contributed by atoms with van der Waals surface area (Å²) in [5.41, 5.74) is 0.969. The minimum absolute atomic E-state index is 0.115. The molecule has 5 heteroatoms. The van der Waals surface area contributed by atoms with Crippen LogP contribution in [0.3, 0.4) is 0 Å². The molecule has 0 radical (unpaired) electrons. The lowest BCUT2D eigenvalue weighted by atomic mass is 10.0. The fourth-order valence-electron chi connectivity index (χ4n) is 2.90. The van der Waals surface area contributed by atoms with Crippen molar-refractivity contribution in [1.82, 2.24) is 10.2 Å². The van der Waals surface area contributed by atoms with Crippen molar-refractivity contribution in [1.29, 1.82) is 0 Å². The van der Waals surface area contributed by atoms with E-state index in [2.05, 4.69) is 5.32 Å². The molecule has 4 nitrogen and oxygen atoms in total. The molecule has 1 aromatic carbocycles. The van der Waals surface area contributed by atoms with Gasteiger partial charge in [-0.3, -0.25) is 4.79 Å². The average Bonchev–Trinajstić information content (AvgIpc) is 3.01. The Hall–Kier alpha value is -1.10. The Labute approximate surface area is 124 Å². The summed E-state index contributed by atoms with van der Waals surface area (Å²) < 4.78 is 5.79. The number of rotatable bonds is 2. The summed E-state index contributed by atoms with van der Waals surface area (Å²) in [5, 5.41) is 3.95. The van der Waals surface area contributed by atoms with Crippen LogP contribution >= 0.6 is 11.6 Å². The van der Waals surface area contributed by atoms with Crippen molar-refractivity contribution in [3.8, 4) is 0 Å². The average molecular weight is 295 g/mol. The lowest BCUT2D eigenvalue weighted by Gasteiger charge is -2.34. The minimum atomic E-state index is -0.115. The maximum atomic E-state index is 12.5. The highest BCUT2D eigenvalue weighted by Crippen LogP contribution is 2.29. The Kier molecular flexibility index (Phi) is 4.24. The number of nitrogens with zero attached hydrogens (tertiary/aromatic N) is 1. The van der Waals surface area contributed by atoms with Crippen LogP contribution in [0.25, 0.3) is 0 Å². The Morgan fingerprint density at radius 1 is 1.40 bits per heavy atom. The largest absolute Gasteiger partial charge is 0.370 e. The van der Waals surface area contributed by atoms with Gasteiger partial charge in [-0.25, -0.2) is 0 Å². The molecule has 2 unspecified atom stereocenters.